The van der Waals surface area contributed by atoms with Gasteiger partial charge in [-0.3, -0.25) is 0 Å². The van der Waals surface area contributed by atoms with Crippen molar-refractivity contribution in [3.05, 3.63) is 33.3 Å². The fourth-order valence-electron chi connectivity index (χ4n) is 2.26. The van der Waals surface area contributed by atoms with E-state index in [1.165, 1.54) is 18.4 Å². The molecule has 1 aliphatic rings. The molecule has 0 radical (unpaired) electrons. The van der Waals surface area contributed by atoms with E-state index in [0.717, 1.165) is 28.4 Å². The second-order valence-corrected chi connectivity index (χ2v) is 6.37. The molecule has 0 heterocycles. The van der Waals surface area contributed by atoms with E-state index in [-0.39, 0.29) is 5.41 Å². The Balaban J connectivity index is 2.18. The van der Waals surface area contributed by atoms with Crippen LogP contribution < -0.4 is 5.73 Å². The third-order valence-corrected chi connectivity index (χ3v) is 4.48. The van der Waals surface area contributed by atoms with Crippen LogP contribution in [0.5, 0.6) is 0 Å². The molecule has 16 heavy (non-hydrogen) atoms. The number of rotatable bonds is 4. The van der Waals surface area contributed by atoms with Gasteiger partial charge >= 0.3 is 0 Å². The molecule has 0 saturated heterocycles. The van der Waals surface area contributed by atoms with Crippen molar-refractivity contribution in [3.8, 4) is 0 Å². The summed E-state index contributed by atoms with van der Waals surface area (Å²) in [6, 6.07) is 6.11. The van der Waals surface area contributed by atoms with E-state index in [1.807, 2.05) is 12.1 Å². The molecule has 0 spiro atoms. The Morgan fingerprint density at radius 3 is 2.69 bits per heavy atom. The molecular weight excluding hydrogens is 286 g/mol. The van der Waals surface area contributed by atoms with E-state index in [9.17, 15) is 0 Å². The second-order valence-electron chi connectivity index (χ2n) is 5.04. The lowest BCUT2D eigenvalue weighted by Crippen LogP contribution is -2.31. The lowest BCUT2D eigenvalue weighted by molar-refractivity contribution is 0.282. The maximum Gasteiger partial charge on any atom is 0.0449 e. The lowest BCUT2D eigenvalue weighted by atomic mass is 9.79. The first-order chi connectivity index (χ1) is 7.55. The predicted octanol–water partition coefficient (Wildman–Crippen LogP) is 4.02. The van der Waals surface area contributed by atoms with E-state index in [4.69, 9.17) is 17.3 Å². The fraction of sp³-hybridized carbons (Fsp3) is 0.538. The molecule has 0 amide bonds. The van der Waals surface area contributed by atoms with Crippen molar-refractivity contribution >= 4 is 27.5 Å². The molecule has 1 atom stereocenters. The highest BCUT2D eigenvalue weighted by Crippen LogP contribution is 2.47. The van der Waals surface area contributed by atoms with Gasteiger partial charge < -0.3 is 5.73 Å². The first-order valence-corrected chi connectivity index (χ1v) is 6.86. The molecule has 1 aromatic rings. The summed E-state index contributed by atoms with van der Waals surface area (Å²) in [7, 11) is 0. The van der Waals surface area contributed by atoms with Crippen LogP contribution in [-0.2, 0) is 6.42 Å². The van der Waals surface area contributed by atoms with Crippen LogP contribution in [0.1, 0.15) is 25.3 Å². The monoisotopic (exact) mass is 301 g/mol. The molecule has 1 nitrogen and oxygen atoms in total. The van der Waals surface area contributed by atoms with Gasteiger partial charge in [-0.05, 0) is 54.8 Å². The SMILES string of the molecule is CC(CN)(Cc1ccc(Br)cc1Cl)C1CC1. The Bertz CT molecular complexity index is 390. The predicted molar refractivity (Wildman–Crippen MR) is 72.7 cm³/mol. The molecule has 0 bridgehead atoms. The summed E-state index contributed by atoms with van der Waals surface area (Å²) in [4.78, 5) is 0. The molecule has 1 aromatic carbocycles. The molecule has 2 rings (SSSR count). The van der Waals surface area contributed by atoms with Crippen molar-refractivity contribution in [2.24, 2.45) is 17.1 Å². The first kappa shape index (κ1) is 12.4. The zero-order chi connectivity index (χ0) is 11.8. The Morgan fingerprint density at radius 1 is 1.50 bits per heavy atom. The minimum absolute atomic E-state index is 0.220. The quantitative estimate of drug-likeness (QED) is 0.893. The van der Waals surface area contributed by atoms with Gasteiger partial charge in [-0.25, -0.2) is 0 Å². The Hall–Kier alpha value is -0.0500. The van der Waals surface area contributed by atoms with Crippen LogP contribution in [0.3, 0.4) is 0 Å². The van der Waals surface area contributed by atoms with Gasteiger partial charge in [0.15, 0.2) is 0 Å². The molecule has 1 saturated carbocycles. The van der Waals surface area contributed by atoms with E-state index in [0.29, 0.717) is 0 Å². The normalized spacial score (nSPS) is 19.5. The summed E-state index contributed by atoms with van der Waals surface area (Å²) in [6.45, 7) is 3.02. The largest absolute Gasteiger partial charge is 0.330 e. The van der Waals surface area contributed by atoms with Crippen LogP contribution in [0.25, 0.3) is 0 Å². The van der Waals surface area contributed by atoms with Crippen LogP contribution in [0.4, 0.5) is 0 Å². The number of halogens is 2. The summed E-state index contributed by atoms with van der Waals surface area (Å²) in [5, 5.41) is 0.842. The molecule has 1 aliphatic carbocycles. The molecule has 3 heteroatoms. The van der Waals surface area contributed by atoms with Crippen LogP contribution in [0, 0.1) is 11.3 Å². The minimum atomic E-state index is 0.220. The summed E-state index contributed by atoms with van der Waals surface area (Å²) in [5.41, 5.74) is 7.36. The van der Waals surface area contributed by atoms with Crippen molar-refractivity contribution in [1.29, 1.82) is 0 Å². The Morgan fingerprint density at radius 2 is 2.19 bits per heavy atom. The van der Waals surface area contributed by atoms with Gasteiger partial charge in [-0.1, -0.05) is 40.5 Å². The fourth-order valence-corrected chi connectivity index (χ4v) is 3.00. The Kier molecular flexibility index (Phi) is 3.62. The summed E-state index contributed by atoms with van der Waals surface area (Å²) < 4.78 is 1.03. The summed E-state index contributed by atoms with van der Waals surface area (Å²) >= 11 is 9.67. The van der Waals surface area contributed by atoms with E-state index >= 15 is 0 Å². The smallest absolute Gasteiger partial charge is 0.0449 e. The van der Waals surface area contributed by atoms with Crippen LogP contribution in [0.15, 0.2) is 22.7 Å². The molecule has 0 aliphatic heterocycles. The maximum absolute atomic E-state index is 6.25. The number of nitrogens with two attached hydrogens (primary N) is 1. The zero-order valence-corrected chi connectivity index (χ0v) is 11.8. The van der Waals surface area contributed by atoms with Crippen molar-refractivity contribution < 1.29 is 0 Å². The molecule has 1 fully saturated rings. The van der Waals surface area contributed by atoms with E-state index < -0.39 is 0 Å². The van der Waals surface area contributed by atoms with Gasteiger partial charge in [0.2, 0.25) is 0 Å². The molecule has 2 N–H and O–H groups in total. The first-order valence-electron chi connectivity index (χ1n) is 5.69. The molecule has 1 unspecified atom stereocenters. The summed E-state index contributed by atoms with van der Waals surface area (Å²) in [6.07, 6.45) is 3.63. The van der Waals surface area contributed by atoms with Gasteiger partial charge in [0, 0.05) is 9.50 Å². The third-order valence-electron chi connectivity index (χ3n) is 3.64. The van der Waals surface area contributed by atoms with Crippen LogP contribution in [0.2, 0.25) is 5.02 Å². The average Bonchev–Trinajstić information content (AvgIpc) is 3.06. The molecular formula is C13H17BrClN. The van der Waals surface area contributed by atoms with E-state index in [2.05, 4.69) is 28.9 Å². The van der Waals surface area contributed by atoms with Crippen molar-refractivity contribution in [1.82, 2.24) is 0 Å². The minimum Gasteiger partial charge on any atom is -0.330 e. The summed E-state index contributed by atoms with van der Waals surface area (Å²) in [5.74, 6) is 0.789. The van der Waals surface area contributed by atoms with Gasteiger partial charge in [0.05, 0.1) is 0 Å². The standard InChI is InChI=1S/C13H17BrClN/c1-13(8-16,10-3-4-10)7-9-2-5-11(14)6-12(9)15/h2,5-6,10H,3-4,7-8,16H2,1H3. The highest BCUT2D eigenvalue weighted by Gasteiger charge is 2.40. The number of benzene rings is 1. The van der Waals surface area contributed by atoms with Gasteiger partial charge in [0.25, 0.3) is 0 Å². The highest BCUT2D eigenvalue weighted by atomic mass is 79.9. The van der Waals surface area contributed by atoms with Crippen molar-refractivity contribution in [2.45, 2.75) is 26.2 Å². The van der Waals surface area contributed by atoms with Crippen molar-refractivity contribution in [2.75, 3.05) is 6.54 Å². The number of hydrogen-bond acceptors (Lipinski definition) is 1. The van der Waals surface area contributed by atoms with Gasteiger partial charge in [0.1, 0.15) is 0 Å². The Labute approximate surface area is 110 Å². The molecule has 0 aromatic heterocycles. The van der Waals surface area contributed by atoms with Crippen molar-refractivity contribution in [3.63, 3.8) is 0 Å². The third kappa shape index (κ3) is 2.61. The lowest BCUT2D eigenvalue weighted by Gasteiger charge is -2.28. The average molecular weight is 303 g/mol. The van der Waals surface area contributed by atoms with Gasteiger partial charge in [-0.15, -0.1) is 0 Å². The zero-order valence-electron chi connectivity index (χ0n) is 9.47. The van der Waals surface area contributed by atoms with Gasteiger partial charge in [-0.2, -0.15) is 0 Å². The van der Waals surface area contributed by atoms with Crippen LogP contribution >= 0.6 is 27.5 Å². The molecule has 88 valence electrons. The van der Waals surface area contributed by atoms with E-state index in [1.54, 1.807) is 0 Å². The maximum atomic E-state index is 6.25. The number of hydrogen-bond donors (Lipinski definition) is 1. The second kappa shape index (κ2) is 4.67. The van der Waals surface area contributed by atoms with Crippen LogP contribution in [-0.4, -0.2) is 6.54 Å². The highest BCUT2D eigenvalue weighted by molar-refractivity contribution is 9.10. The topological polar surface area (TPSA) is 26.0 Å².